The van der Waals surface area contributed by atoms with E-state index in [-0.39, 0.29) is 12.1 Å². The summed E-state index contributed by atoms with van der Waals surface area (Å²) in [6.45, 7) is 1.46. The minimum absolute atomic E-state index is 0.0924. The zero-order valence-electron chi connectivity index (χ0n) is 11.2. The van der Waals surface area contributed by atoms with Gasteiger partial charge < -0.3 is 9.84 Å². The van der Waals surface area contributed by atoms with Gasteiger partial charge in [-0.25, -0.2) is 0 Å². The lowest BCUT2D eigenvalue weighted by Crippen LogP contribution is -2.38. The maximum atomic E-state index is 11.4. The molecule has 0 saturated carbocycles. The average Bonchev–Trinajstić information content (AvgIpc) is 2.80. The number of ether oxygens (including phenoxy) is 1. The van der Waals surface area contributed by atoms with E-state index in [1.807, 2.05) is 18.2 Å². The molecule has 2 unspecified atom stereocenters. The predicted molar refractivity (Wildman–Crippen MR) is 76.3 cm³/mol. The SMILES string of the molecule is O=C(O)C1CCCN1C1CCCOc2c(Cl)cccc21. The molecule has 1 saturated heterocycles. The van der Waals surface area contributed by atoms with Crippen LogP contribution in [0.3, 0.4) is 0 Å². The number of carbonyl (C=O) groups is 1. The van der Waals surface area contributed by atoms with E-state index in [2.05, 4.69) is 4.90 Å². The van der Waals surface area contributed by atoms with Gasteiger partial charge in [0.05, 0.1) is 11.6 Å². The van der Waals surface area contributed by atoms with E-state index in [9.17, 15) is 9.90 Å². The van der Waals surface area contributed by atoms with E-state index in [0.717, 1.165) is 43.5 Å². The van der Waals surface area contributed by atoms with Crippen LogP contribution in [0.25, 0.3) is 0 Å². The summed E-state index contributed by atoms with van der Waals surface area (Å²) >= 11 is 6.23. The molecule has 1 fully saturated rings. The number of likely N-dealkylation sites (tertiary alicyclic amines) is 1. The first-order valence-corrected chi connectivity index (χ1v) is 7.46. The Hall–Kier alpha value is -1.26. The summed E-state index contributed by atoms with van der Waals surface area (Å²) in [6, 6.07) is 5.45. The molecule has 1 aromatic rings. The normalized spacial score (nSPS) is 26.6. The van der Waals surface area contributed by atoms with Crippen molar-refractivity contribution in [1.82, 2.24) is 4.90 Å². The third-order valence-corrected chi connectivity index (χ3v) is 4.50. The van der Waals surface area contributed by atoms with Crippen molar-refractivity contribution in [1.29, 1.82) is 0 Å². The zero-order valence-corrected chi connectivity index (χ0v) is 12.0. The lowest BCUT2D eigenvalue weighted by Gasteiger charge is -2.31. The molecule has 4 nitrogen and oxygen atoms in total. The second-order valence-corrected chi connectivity index (χ2v) is 5.81. The van der Waals surface area contributed by atoms with Crippen molar-refractivity contribution in [3.05, 3.63) is 28.8 Å². The molecule has 5 heteroatoms. The highest BCUT2D eigenvalue weighted by molar-refractivity contribution is 6.32. The largest absolute Gasteiger partial charge is 0.492 e. The van der Waals surface area contributed by atoms with Gasteiger partial charge >= 0.3 is 5.97 Å². The first-order chi connectivity index (χ1) is 9.68. The van der Waals surface area contributed by atoms with E-state index in [0.29, 0.717) is 11.6 Å². The third kappa shape index (κ3) is 2.38. The summed E-state index contributed by atoms with van der Waals surface area (Å²) in [4.78, 5) is 13.5. The fraction of sp³-hybridized carbons (Fsp3) is 0.533. The molecule has 20 heavy (non-hydrogen) atoms. The number of rotatable bonds is 2. The van der Waals surface area contributed by atoms with Crippen molar-refractivity contribution < 1.29 is 14.6 Å². The van der Waals surface area contributed by atoms with Crippen LogP contribution in [0.15, 0.2) is 18.2 Å². The van der Waals surface area contributed by atoms with Crippen LogP contribution in [-0.2, 0) is 4.79 Å². The van der Waals surface area contributed by atoms with Crippen molar-refractivity contribution in [2.24, 2.45) is 0 Å². The summed E-state index contributed by atoms with van der Waals surface area (Å²) in [6.07, 6.45) is 3.49. The van der Waals surface area contributed by atoms with Gasteiger partial charge in [0.1, 0.15) is 11.8 Å². The van der Waals surface area contributed by atoms with Crippen LogP contribution in [0.1, 0.15) is 37.3 Å². The fourth-order valence-electron chi connectivity index (χ4n) is 3.32. The quantitative estimate of drug-likeness (QED) is 0.911. The molecule has 0 spiro atoms. The van der Waals surface area contributed by atoms with Crippen LogP contribution in [0.5, 0.6) is 5.75 Å². The minimum atomic E-state index is -0.726. The molecular weight excluding hydrogens is 278 g/mol. The number of fused-ring (bicyclic) bond motifs is 1. The van der Waals surface area contributed by atoms with Crippen molar-refractivity contribution in [3.8, 4) is 5.75 Å². The molecule has 108 valence electrons. The van der Waals surface area contributed by atoms with Crippen molar-refractivity contribution in [3.63, 3.8) is 0 Å². The number of hydrogen-bond acceptors (Lipinski definition) is 3. The number of para-hydroxylation sites is 1. The number of halogens is 1. The smallest absolute Gasteiger partial charge is 0.320 e. The van der Waals surface area contributed by atoms with Crippen LogP contribution in [0.2, 0.25) is 5.02 Å². The van der Waals surface area contributed by atoms with Gasteiger partial charge in [0.25, 0.3) is 0 Å². The molecule has 0 radical (unpaired) electrons. The Balaban J connectivity index is 1.98. The van der Waals surface area contributed by atoms with Crippen molar-refractivity contribution in [2.45, 2.75) is 37.8 Å². The average molecular weight is 296 g/mol. The fourth-order valence-corrected chi connectivity index (χ4v) is 3.55. The molecule has 2 aliphatic heterocycles. The van der Waals surface area contributed by atoms with Crippen LogP contribution < -0.4 is 4.74 Å². The van der Waals surface area contributed by atoms with E-state index < -0.39 is 5.97 Å². The van der Waals surface area contributed by atoms with Crippen LogP contribution in [-0.4, -0.2) is 35.2 Å². The van der Waals surface area contributed by atoms with Gasteiger partial charge in [0.2, 0.25) is 0 Å². The molecule has 0 bridgehead atoms. The van der Waals surface area contributed by atoms with Gasteiger partial charge in [-0.3, -0.25) is 9.69 Å². The number of carboxylic acids is 1. The highest BCUT2D eigenvalue weighted by atomic mass is 35.5. The molecule has 2 aliphatic rings. The van der Waals surface area contributed by atoms with E-state index in [1.165, 1.54) is 0 Å². The molecule has 2 heterocycles. The van der Waals surface area contributed by atoms with Gasteiger partial charge in [-0.05, 0) is 38.3 Å². The van der Waals surface area contributed by atoms with Crippen molar-refractivity contribution in [2.75, 3.05) is 13.2 Å². The van der Waals surface area contributed by atoms with Gasteiger partial charge in [-0.2, -0.15) is 0 Å². The highest BCUT2D eigenvalue weighted by Crippen LogP contribution is 2.42. The van der Waals surface area contributed by atoms with Crippen LogP contribution in [0.4, 0.5) is 0 Å². The molecule has 1 N–H and O–H groups in total. The number of carboxylic acid groups (broad SMARTS) is 1. The Labute approximate surface area is 123 Å². The molecule has 0 amide bonds. The highest BCUT2D eigenvalue weighted by Gasteiger charge is 2.37. The number of nitrogens with zero attached hydrogens (tertiary/aromatic N) is 1. The second kappa shape index (κ2) is 5.62. The van der Waals surface area contributed by atoms with E-state index >= 15 is 0 Å². The number of benzene rings is 1. The predicted octanol–water partition coefficient (Wildman–Crippen LogP) is 3.10. The Morgan fingerprint density at radius 1 is 1.35 bits per heavy atom. The Morgan fingerprint density at radius 3 is 3.00 bits per heavy atom. The molecule has 2 atom stereocenters. The summed E-state index contributed by atoms with van der Waals surface area (Å²) < 4.78 is 5.76. The third-order valence-electron chi connectivity index (χ3n) is 4.20. The van der Waals surface area contributed by atoms with Gasteiger partial charge in [-0.1, -0.05) is 23.7 Å². The maximum Gasteiger partial charge on any atom is 0.320 e. The number of hydrogen-bond donors (Lipinski definition) is 1. The van der Waals surface area contributed by atoms with Gasteiger partial charge in [-0.15, -0.1) is 0 Å². The Morgan fingerprint density at radius 2 is 2.20 bits per heavy atom. The summed E-state index contributed by atoms with van der Waals surface area (Å²) in [5, 5.41) is 10.00. The second-order valence-electron chi connectivity index (χ2n) is 5.40. The van der Waals surface area contributed by atoms with Crippen molar-refractivity contribution >= 4 is 17.6 Å². The zero-order chi connectivity index (χ0) is 14.1. The molecular formula is C15H18ClNO3. The lowest BCUT2D eigenvalue weighted by atomic mass is 9.99. The molecule has 0 aromatic heterocycles. The van der Waals surface area contributed by atoms with E-state index in [4.69, 9.17) is 16.3 Å². The number of aliphatic carboxylic acids is 1. The Bertz CT molecular complexity index is 520. The summed E-state index contributed by atoms with van der Waals surface area (Å²) in [7, 11) is 0. The monoisotopic (exact) mass is 295 g/mol. The topological polar surface area (TPSA) is 49.8 Å². The summed E-state index contributed by atoms with van der Waals surface area (Å²) in [5.41, 5.74) is 1.03. The minimum Gasteiger partial charge on any atom is -0.492 e. The van der Waals surface area contributed by atoms with Crippen LogP contribution >= 0.6 is 11.6 Å². The van der Waals surface area contributed by atoms with Crippen LogP contribution in [0, 0.1) is 0 Å². The first kappa shape index (κ1) is 13.7. The molecule has 0 aliphatic carbocycles. The summed E-state index contributed by atoms with van der Waals surface area (Å²) in [5.74, 6) is 0.00366. The maximum absolute atomic E-state index is 11.4. The first-order valence-electron chi connectivity index (χ1n) is 7.08. The Kier molecular flexibility index (Phi) is 3.85. The molecule has 1 aromatic carbocycles. The molecule has 3 rings (SSSR count). The lowest BCUT2D eigenvalue weighted by molar-refractivity contribution is -0.143. The van der Waals surface area contributed by atoms with Gasteiger partial charge in [0.15, 0.2) is 0 Å². The van der Waals surface area contributed by atoms with E-state index in [1.54, 1.807) is 0 Å². The standard InChI is InChI=1S/C15H18ClNO3/c16-11-5-1-4-10-12(7-3-9-20-14(10)11)17-8-2-6-13(17)15(18)19/h1,4-5,12-13H,2-3,6-9H2,(H,18,19). The van der Waals surface area contributed by atoms with Gasteiger partial charge in [0, 0.05) is 11.6 Å².